The van der Waals surface area contributed by atoms with Crippen molar-refractivity contribution < 1.29 is 4.57 Å². The number of rotatable bonds is 0. The average Bonchev–Trinajstić information content (AvgIpc) is 2.21. The zero-order valence-corrected chi connectivity index (χ0v) is 6.13. The van der Waals surface area contributed by atoms with Crippen LogP contribution in [0.3, 0.4) is 0 Å². The highest BCUT2D eigenvalue weighted by Gasteiger charge is 2.02. The van der Waals surface area contributed by atoms with Crippen LogP contribution in [0.4, 0.5) is 0 Å². The molecule has 2 heterocycles. The molecule has 0 spiro atoms. The molecule has 0 amide bonds. The van der Waals surface area contributed by atoms with Crippen molar-refractivity contribution in [2.75, 3.05) is 7.05 Å². The smallest absolute Gasteiger partial charge is 0.114 e. The molecule has 0 atom stereocenters. The van der Waals surface area contributed by atoms with Crippen LogP contribution in [0.25, 0.3) is 0 Å². The van der Waals surface area contributed by atoms with Gasteiger partial charge in [-0.2, -0.15) is 5.56 Å². The number of nitrogens with zero attached hydrogens (tertiary/aromatic N) is 2. The van der Waals surface area contributed by atoms with Crippen LogP contribution in [0.1, 0.15) is 11.1 Å². The molecule has 1 aromatic heterocycles. The van der Waals surface area contributed by atoms with Crippen molar-refractivity contribution in [2.24, 2.45) is 7.05 Å². The van der Waals surface area contributed by atoms with Crippen molar-refractivity contribution in [3.63, 3.8) is 0 Å². The Kier molecular flexibility index (Phi) is 1.05. The first kappa shape index (κ1) is 5.86. The molecular formula is C8H9N2-. The van der Waals surface area contributed by atoms with Gasteiger partial charge in [0.2, 0.25) is 0 Å². The third-order valence-corrected chi connectivity index (χ3v) is 1.62. The summed E-state index contributed by atoms with van der Waals surface area (Å²) in [7, 11) is 4.01. The van der Waals surface area contributed by atoms with Gasteiger partial charge in [-0.25, -0.2) is 6.54 Å². The molecule has 0 saturated carbocycles. The lowest BCUT2D eigenvalue weighted by Gasteiger charge is -2.16. The molecule has 10 heavy (non-hydrogen) atoms. The minimum absolute atomic E-state index is 1.19. The van der Waals surface area contributed by atoms with Gasteiger partial charge in [0.1, 0.15) is 7.05 Å². The summed E-state index contributed by atoms with van der Waals surface area (Å²) in [5, 5.41) is 0. The normalized spacial score (nSPS) is 17.0. The molecule has 1 aliphatic heterocycles. The number of fused-ring (bicyclic) bond motifs is 1. The molecule has 2 rings (SSSR count). The lowest BCUT2D eigenvalue weighted by Crippen LogP contribution is -2.24. The number of hydrogen-bond acceptors (Lipinski definition) is 1. The summed E-state index contributed by atoms with van der Waals surface area (Å²) in [6.45, 7) is 5.24. The second-order valence-electron chi connectivity index (χ2n) is 2.64. The Morgan fingerprint density at radius 1 is 1.80 bits per heavy atom. The summed E-state index contributed by atoms with van der Waals surface area (Å²) in [6, 6.07) is 0. The fourth-order valence-electron chi connectivity index (χ4n) is 1.23. The Bertz CT molecular complexity index is 226. The number of aromatic nitrogens is 1. The van der Waals surface area contributed by atoms with E-state index in [0.717, 1.165) is 0 Å². The second kappa shape index (κ2) is 1.80. The predicted molar refractivity (Wildman–Crippen MR) is 36.7 cm³/mol. The van der Waals surface area contributed by atoms with Gasteiger partial charge in [0, 0.05) is 6.20 Å². The summed E-state index contributed by atoms with van der Waals surface area (Å²) in [6.07, 6.45) is 4.15. The highest BCUT2D eigenvalue weighted by atomic mass is 15.1. The van der Waals surface area contributed by atoms with Gasteiger partial charge in [-0.05, 0) is 13.2 Å². The van der Waals surface area contributed by atoms with E-state index in [0.29, 0.717) is 0 Å². The first-order valence-corrected chi connectivity index (χ1v) is 3.26. The van der Waals surface area contributed by atoms with Crippen LogP contribution in [0.5, 0.6) is 0 Å². The van der Waals surface area contributed by atoms with E-state index in [9.17, 15) is 0 Å². The Hall–Kier alpha value is -0.890. The zero-order chi connectivity index (χ0) is 7.14. The molecule has 0 fully saturated rings. The third-order valence-electron chi connectivity index (χ3n) is 1.62. The fourth-order valence-corrected chi connectivity index (χ4v) is 1.23. The lowest BCUT2D eigenvalue weighted by atomic mass is 10.2. The summed E-state index contributed by atoms with van der Waals surface area (Å²) in [4.78, 5) is 1.95. The van der Waals surface area contributed by atoms with Gasteiger partial charge in [0.05, 0.1) is 0 Å². The zero-order valence-electron chi connectivity index (χ0n) is 6.13. The molecule has 1 aliphatic rings. The molecule has 2 heteroatoms. The van der Waals surface area contributed by atoms with Gasteiger partial charge < -0.3 is 9.47 Å². The highest BCUT2D eigenvalue weighted by molar-refractivity contribution is 5.38. The standard InChI is InChI=1S/C8H9N2/c1-9-3-7-5-10(2)6-8(7)4-9/h3-5H,1-2H3/q-1. The first-order valence-electron chi connectivity index (χ1n) is 3.26. The Morgan fingerprint density at radius 2 is 2.60 bits per heavy atom. The molecule has 1 aromatic rings. The van der Waals surface area contributed by atoms with Crippen molar-refractivity contribution in [2.45, 2.75) is 0 Å². The number of hydrogen-bond donors (Lipinski definition) is 0. The van der Waals surface area contributed by atoms with Gasteiger partial charge in [0.15, 0.2) is 0 Å². The van der Waals surface area contributed by atoms with Crippen LogP contribution < -0.4 is 4.57 Å². The van der Waals surface area contributed by atoms with Crippen LogP contribution in [-0.4, -0.2) is 11.9 Å². The van der Waals surface area contributed by atoms with Crippen LogP contribution in [0, 0.1) is 13.1 Å². The quantitative estimate of drug-likeness (QED) is 0.359. The van der Waals surface area contributed by atoms with Crippen molar-refractivity contribution in [3.8, 4) is 0 Å². The SMILES string of the molecule is CN1[C][c-]2c[n+](C)cc2[CH-]1. The molecule has 0 N–H and O–H groups in total. The molecular weight excluding hydrogens is 124 g/mol. The van der Waals surface area contributed by atoms with E-state index in [1.54, 1.807) is 0 Å². The van der Waals surface area contributed by atoms with Gasteiger partial charge in [-0.1, -0.05) is 6.54 Å². The summed E-state index contributed by atoms with van der Waals surface area (Å²) in [5.74, 6) is 0. The molecule has 0 saturated heterocycles. The Morgan fingerprint density at radius 3 is 3.30 bits per heavy atom. The van der Waals surface area contributed by atoms with Crippen LogP contribution in [-0.2, 0) is 7.05 Å². The maximum atomic E-state index is 3.18. The average molecular weight is 133 g/mol. The number of aryl methyl sites for hydroxylation is 1. The summed E-state index contributed by atoms with van der Waals surface area (Å²) < 4.78 is 2.04. The molecule has 0 aromatic carbocycles. The van der Waals surface area contributed by atoms with E-state index >= 15 is 0 Å². The van der Waals surface area contributed by atoms with Crippen LogP contribution in [0.15, 0.2) is 12.4 Å². The second-order valence-corrected chi connectivity index (χ2v) is 2.64. The van der Waals surface area contributed by atoms with E-state index in [2.05, 4.69) is 25.5 Å². The van der Waals surface area contributed by atoms with Gasteiger partial charge in [0.25, 0.3) is 0 Å². The minimum atomic E-state index is 1.19. The van der Waals surface area contributed by atoms with Crippen LogP contribution in [0.2, 0.25) is 0 Å². The minimum Gasteiger partial charge on any atom is -0.400 e. The largest absolute Gasteiger partial charge is 0.400 e. The predicted octanol–water partition coefficient (Wildman–Crippen LogP) is 0.0722. The highest BCUT2D eigenvalue weighted by Crippen LogP contribution is 2.22. The first-order chi connectivity index (χ1) is 4.75. The van der Waals surface area contributed by atoms with Crippen molar-refractivity contribution >= 4 is 0 Å². The van der Waals surface area contributed by atoms with Crippen molar-refractivity contribution in [1.82, 2.24) is 4.90 Å². The van der Waals surface area contributed by atoms with E-state index in [-0.39, 0.29) is 0 Å². The summed E-state index contributed by atoms with van der Waals surface area (Å²) >= 11 is 0. The van der Waals surface area contributed by atoms with E-state index in [4.69, 9.17) is 0 Å². The van der Waals surface area contributed by atoms with Gasteiger partial charge in [-0.15, -0.1) is 0 Å². The topological polar surface area (TPSA) is 7.12 Å². The molecule has 2 nitrogen and oxygen atoms in total. The molecule has 0 unspecified atom stereocenters. The van der Waals surface area contributed by atoms with E-state index in [1.165, 1.54) is 11.1 Å². The van der Waals surface area contributed by atoms with Crippen LogP contribution >= 0.6 is 0 Å². The lowest BCUT2D eigenvalue weighted by molar-refractivity contribution is -0.668. The van der Waals surface area contributed by atoms with Crippen molar-refractivity contribution in [3.05, 3.63) is 36.6 Å². The Balaban J connectivity index is 2.39. The Labute approximate surface area is 61.1 Å². The molecule has 0 bridgehead atoms. The maximum Gasteiger partial charge on any atom is 0.114 e. The fraction of sp³-hybridized carbons (Fsp3) is 0.250. The van der Waals surface area contributed by atoms with Crippen molar-refractivity contribution in [1.29, 1.82) is 0 Å². The van der Waals surface area contributed by atoms with Gasteiger partial charge >= 0.3 is 0 Å². The maximum absolute atomic E-state index is 3.18. The molecule has 52 valence electrons. The van der Waals surface area contributed by atoms with E-state index < -0.39 is 0 Å². The third kappa shape index (κ3) is 0.727. The summed E-state index contributed by atoms with van der Waals surface area (Å²) in [5.41, 5.74) is 2.44. The van der Waals surface area contributed by atoms with Gasteiger partial charge in [-0.3, -0.25) is 5.56 Å². The molecule has 0 aliphatic carbocycles. The monoisotopic (exact) mass is 133 g/mol. The van der Waals surface area contributed by atoms with E-state index in [1.807, 2.05) is 23.6 Å². The molecule has 2 radical (unpaired) electrons.